The van der Waals surface area contributed by atoms with Gasteiger partial charge in [0.2, 0.25) is 5.91 Å². The Kier molecular flexibility index (Phi) is 4.48. The summed E-state index contributed by atoms with van der Waals surface area (Å²) in [5, 5.41) is 5.86. The van der Waals surface area contributed by atoms with Crippen molar-refractivity contribution in [3.05, 3.63) is 54.1 Å². The van der Waals surface area contributed by atoms with Crippen molar-refractivity contribution < 1.29 is 9.59 Å². The number of para-hydroxylation sites is 1. The first-order chi connectivity index (χ1) is 12.7. The highest BCUT2D eigenvalue weighted by Gasteiger charge is 2.22. The van der Waals surface area contributed by atoms with E-state index in [1.807, 2.05) is 47.4 Å². The van der Waals surface area contributed by atoms with Crippen LogP contribution in [0.5, 0.6) is 0 Å². The summed E-state index contributed by atoms with van der Waals surface area (Å²) in [4.78, 5) is 28.0. The van der Waals surface area contributed by atoms with Gasteiger partial charge in [0.25, 0.3) is 0 Å². The number of nitrogens with zero attached hydrogens (tertiary/aromatic N) is 2. The van der Waals surface area contributed by atoms with E-state index in [1.54, 1.807) is 0 Å². The second kappa shape index (κ2) is 7.07. The number of benzene rings is 2. The van der Waals surface area contributed by atoms with Gasteiger partial charge in [-0.15, -0.1) is 0 Å². The van der Waals surface area contributed by atoms with Crippen molar-refractivity contribution in [1.82, 2.24) is 4.90 Å². The van der Waals surface area contributed by atoms with Crippen LogP contribution < -0.4 is 15.5 Å². The zero-order chi connectivity index (χ0) is 17.9. The third kappa shape index (κ3) is 3.49. The standard InChI is InChI=1S/C20H22N4O2/c25-19-9-6-15-14-17(7-8-18(15)22-19)23-10-12-24(13-11-23)20(26)21-16-4-2-1-3-5-16/h1-5,7-8,14H,6,9-13H2,(H,21,26)(H,22,25). The molecule has 0 saturated carbocycles. The number of anilines is 3. The number of urea groups is 1. The lowest BCUT2D eigenvalue weighted by atomic mass is 10.0. The van der Waals surface area contributed by atoms with Crippen LogP contribution >= 0.6 is 0 Å². The van der Waals surface area contributed by atoms with Gasteiger partial charge in [0.15, 0.2) is 0 Å². The summed E-state index contributed by atoms with van der Waals surface area (Å²) >= 11 is 0. The highest BCUT2D eigenvalue weighted by molar-refractivity contribution is 5.94. The number of aryl methyl sites for hydroxylation is 1. The van der Waals surface area contributed by atoms with E-state index in [9.17, 15) is 9.59 Å². The van der Waals surface area contributed by atoms with E-state index in [4.69, 9.17) is 0 Å². The summed E-state index contributed by atoms with van der Waals surface area (Å²) in [5.74, 6) is 0.0864. The molecule has 0 bridgehead atoms. The van der Waals surface area contributed by atoms with Gasteiger partial charge in [-0.3, -0.25) is 4.79 Å². The van der Waals surface area contributed by atoms with E-state index in [2.05, 4.69) is 21.6 Å². The van der Waals surface area contributed by atoms with Gasteiger partial charge in [-0.05, 0) is 42.3 Å². The predicted octanol–water partition coefficient (Wildman–Crippen LogP) is 2.93. The molecular formula is C20H22N4O2. The summed E-state index contributed by atoms with van der Waals surface area (Å²) in [5.41, 5.74) is 4.08. The predicted molar refractivity (Wildman–Crippen MR) is 103 cm³/mol. The van der Waals surface area contributed by atoms with Crippen molar-refractivity contribution >= 4 is 29.0 Å². The molecule has 26 heavy (non-hydrogen) atoms. The van der Waals surface area contributed by atoms with Gasteiger partial charge in [-0.2, -0.15) is 0 Å². The molecule has 2 aromatic rings. The molecule has 0 unspecified atom stereocenters. The van der Waals surface area contributed by atoms with Gasteiger partial charge < -0.3 is 20.4 Å². The van der Waals surface area contributed by atoms with Crippen LogP contribution in [0, 0.1) is 0 Å². The molecule has 2 N–H and O–H groups in total. The molecule has 2 aromatic carbocycles. The fourth-order valence-corrected chi connectivity index (χ4v) is 3.46. The first-order valence-corrected chi connectivity index (χ1v) is 8.98. The van der Waals surface area contributed by atoms with E-state index in [-0.39, 0.29) is 11.9 Å². The van der Waals surface area contributed by atoms with Crippen molar-refractivity contribution in [1.29, 1.82) is 0 Å². The molecule has 4 rings (SSSR count). The normalized spacial score (nSPS) is 16.7. The Balaban J connectivity index is 1.36. The van der Waals surface area contributed by atoms with Crippen molar-refractivity contribution in [2.45, 2.75) is 12.8 Å². The molecule has 2 aliphatic heterocycles. The topological polar surface area (TPSA) is 64.7 Å². The van der Waals surface area contributed by atoms with Crippen LogP contribution in [0.3, 0.4) is 0 Å². The maximum Gasteiger partial charge on any atom is 0.321 e. The maximum absolute atomic E-state index is 12.4. The number of hydrogen-bond acceptors (Lipinski definition) is 3. The van der Waals surface area contributed by atoms with Crippen molar-refractivity contribution in [3.8, 4) is 0 Å². The second-order valence-corrected chi connectivity index (χ2v) is 6.66. The number of amides is 3. The smallest absolute Gasteiger partial charge is 0.321 e. The zero-order valence-corrected chi connectivity index (χ0v) is 14.6. The minimum absolute atomic E-state index is 0.0518. The average Bonchev–Trinajstić information content (AvgIpc) is 2.68. The molecule has 6 heteroatoms. The largest absolute Gasteiger partial charge is 0.368 e. The summed E-state index contributed by atoms with van der Waals surface area (Å²) in [6, 6.07) is 15.7. The minimum Gasteiger partial charge on any atom is -0.368 e. The van der Waals surface area contributed by atoms with Crippen molar-refractivity contribution in [2.24, 2.45) is 0 Å². The molecule has 2 aliphatic rings. The molecule has 0 atom stereocenters. The third-order valence-electron chi connectivity index (χ3n) is 4.94. The highest BCUT2D eigenvalue weighted by atomic mass is 16.2. The van der Waals surface area contributed by atoms with Gasteiger partial charge >= 0.3 is 6.03 Å². The SMILES string of the molecule is O=C1CCc2cc(N3CCN(C(=O)Nc4ccccc4)CC3)ccc2N1. The lowest BCUT2D eigenvalue weighted by Crippen LogP contribution is -2.50. The number of nitrogens with one attached hydrogen (secondary N) is 2. The van der Waals surface area contributed by atoms with Crippen molar-refractivity contribution in [2.75, 3.05) is 41.7 Å². The van der Waals surface area contributed by atoms with Crippen LogP contribution in [0.15, 0.2) is 48.5 Å². The number of piperazine rings is 1. The molecule has 1 fully saturated rings. The summed E-state index contributed by atoms with van der Waals surface area (Å²) in [6.07, 6.45) is 1.33. The lowest BCUT2D eigenvalue weighted by molar-refractivity contribution is -0.116. The number of rotatable bonds is 2. The van der Waals surface area contributed by atoms with Crippen LogP contribution in [-0.2, 0) is 11.2 Å². The van der Waals surface area contributed by atoms with Gasteiger partial charge in [0.1, 0.15) is 0 Å². The van der Waals surface area contributed by atoms with E-state index in [0.29, 0.717) is 19.5 Å². The number of carbonyl (C=O) groups is 2. The molecule has 134 valence electrons. The minimum atomic E-state index is -0.0518. The van der Waals surface area contributed by atoms with Crippen LogP contribution in [0.4, 0.5) is 21.9 Å². The average molecular weight is 350 g/mol. The fraction of sp³-hybridized carbons (Fsp3) is 0.300. The molecule has 0 aliphatic carbocycles. The molecule has 0 spiro atoms. The van der Waals surface area contributed by atoms with Crippen LogP contribution in [0.1, 0.15) is 12.0 Å². The molecule has 6 nitrogen and oxygen atoms in total. The van der Waals surface area contributed by atoms with E-state index >= 15 is 0 Å². The number of carbonyl (C=O) groups excluding carboxylic acids is 2. The number of fused-ring (bicyclic) bond motifs is 1. The monoisotopic (exact) mass is 350 g/mol. The number of hydrogen-bond donors (Lipinski definition) is 2. The van der Waals surface area contributed by atoms with Gasteiger partial charge in [0, 0.05) is 49.7 Å². The molecule has 2 heterocycles. The summed E-state index contributed by atoms with van der Waals surface area (Å²) in [6.45, 7) is 2.97. The Labute approximate surface area is 152 Å². The van der Waals surface area contributed by atoms with Gasteiger partial charge in [-0.25, -0.2) is 4.79 Å². The maximum atomic E-state index is 12.4. The molecule has 0 aromatic heterocycles. The quantitative estimate of drug-likeness (QED) is 0.875. The Hall–Kier alpha value is -3.02. The summed E-state index contributed by atoms with van der Waals surface area (Å²) in [7, 11) is 0. The van der Waals surface area contributed by atoms with Gasteiger partial charge in [0.05, 0.1) is 0 Å². The molecule has 3 amide bonds. The van der Waals surface area contributed by atoms with Gasteiger partial charge in [-0.1, -0.05) is 18.2 Å². The van der Waals surface area contributed by atoms with E-state index in [0.717, 1.165) is 36.6 Å². The van der Waals surface area contributed by atoms with Crippen LogP contribution in [-0.4, -0.2) is 43.0 Å². The first-order valence-electron chi connectivity index (χ1n) is 8.98. The fourth-order valence-electron chi connectivity index (χ4n) is 3.46. The van der Waals surface area contributed by atoms with Crippen molar-refractivity contribution in [3.63, 3.8) is 0 Å². The highest BCUT2D eigenvalue weighted by Crippen LogP contribution is 2.28. The van der Waals surface area contributed by atoms with E-state index in [1.165, 1.54) is 5.56 Å². The zero-order valence-electron chi connectivity index (χ0n) is 14.6. The molecular weight excluding hydrogens is 328 g/mol. The second-order valence-electron chi connectivity index (χ2n) is 6.66. The third-order valence-corrected chi connectivity index (χ3v) is 4.94. The Morgan fingerprint density at radius 2 is 1.73 bits per heavy atom. The Morgan fingerprint density at radius 3 is 2.50 bits per heavy atom. The van der Waals surface area contributed by atoms with Crippen LogP contribution in [0.25, 0.3) is 0 Å². The Bertz CT molecular complexity index is 814. The lowest BCUT2D eigenvalue weighted by Gasteiger charge is -2.36. The molecule has 1 saturated heterocycles. The van der Waals surface area contributed by atoms with E-state index < -0.39 is 0 Å². The molecule has 0 radical (unpaired) electrons. The van der Waals surface area contributed by atoms with Crippen LogP contribution in [0.2, 0.25) is 0 Å². The Morgan fingerprint density at radius 1 is 0.962 bits per heavy atom. The summed E-state index contributed by atoms with van der Waals surface area (Å²) < 4.78 is 0. The first kappa shape index (κ1) is 16.4.